The van der Waals surface area contributed by atoms with Gasteiger partial charge in [-0.05, 0) is 37.8 Å². The van der Waals surface area contributed by atoms with Gasteiger partial charge in [0.1, 0.15) is 5.75 Å². The number of hydrogen-bond acceptors (Lipinski definition) is 2. The molecule has 0 heterocycles. The quantitative estimate of drug-likeness (QED) is 0.893. The molecule has 0 aromatic heterocycles. The smallest absolute Gasteiger partial charge is 0.260 e. The molecule has 0 bridgehead atoms. The van der Waals surface area contributed by atoms with Crippen molar-refractivity contribution in [2.45, 2.75) is 64.5 Å². The maximum absolute atomic E-state index is 12.2. The van der Waals surface area contributed by atoms with Gasteiger partial charge in [0.15, 0.2) is 6.10 Å². The fourth-order valence-electron chi connectivity index (χ4n) is 2.72. The summed E-state index contributed by atoms with van der Waals surface area (Å²) in [7, 11) is 0. The third-order valence-corrected chi connectivity index (χ3v) is 3.98. The molecule has 1 N–H and O–H groups in total. The second-order valence-electron chi connectivity index (χ2n) is 5.56. The molecule has 1 amide bonds. The lowest BCUT2D eigenvalue weighted by atomic mass is 9.95. The maximum atomic E-state index is 12.2. The fraction of sp³-hybridized carbons (Fsp3) is 0.588. The number of benzene rings is 1. The van der Waals surface area contributed by atoms with E-state index in [0.29, 0.717) is 6.04 Å². The molecule has 1 fully saturated rings. The van der Waals surface area contributed by atoms with Crippen LogP contribution in [0.2, 0.25) is 0 Å². The largest absolute Gasteiger partial charge is 0.481 e. The van der Waals surface area contributed by atoms with E-state index in [9.17, 15) is 4.79 Å². The molecular weight excluding hydrogens is 250 g/mol. The molecule has 0 unspecified atom stereocenters. The van der Waals surface area contributed by atoms with E-state index < -0.39 is 6.10 Å². The minimum Gasteiger partial charge on any atom is -0.481 e. The molecule has 1 aromatic carbocycles. The van der Waals surface area contributed by atoms with Gasteiger partial charge in [-0.1, -0.05) is 44.4 Å². The van der Waals surface area contributed by atoms with E-state index in [1.165, 1.54) is 19.3 Å². The average Bonchev–Trinajstić information content (AvgIpc) is 2.48. The van der Waals surface area contributed by atoms with Crippen LogP contribution in [-0.4, -0.2) is 18.1 Å². The Balaban J connectivity index is 1.89. The van der Waals surface area contributed by atoms with Crippen LogP contribution in [0.15, 0.2) is 24.3 Å². The van der Waals surface area contributed by atoms with Gasteiger partial charge < -0.3 is 10.1 Å². The second kappa shape index (κ2) is 7.32. The van der Waals surface area contributed by atoms with Crippen LogP contribution in [0, 0.1) is 0 Å². The molecule has 1 aliphatic carbocycles. The van der Waals surface area contributed by atoms with Gasteiger partial charge in [-0.3, -0.25) is 4.79 Å². The monoisotopic (exact) mass is 275 g/mol. The van der Waals surface area contributed by atoms with Crippen molar-refractivity contribution < 1.29 is 9.53 Å². The number of carbonyl (C=O) groups is 1. The van der Waals surface area contributed by atoms with Crippen LogP contribution < -0.4 is 10.1 Å². The molecule has 3 nitrogen and oxygen atoms in total. The number of rotatable bonds is 5. The first-order valence-electron chi connectivity index (χ1n) is 7.75. The Kier molecular flexibility index (Phi) is 5.45. The normalized spacial score (nSPS) is 17.5. The zero-order valence-corrected chi connectivity index (χ0v) is 12.5. The Morgan fingerprint density at radius 2 is 2.00 bits per heavy atom. The van der Waals surface area contributed by atoms with E-state index in [0.717, 1.165) is 30.6 Å². The zero-order chi connectivity index (χ0) is 14.4. The maximum Gasteiger partial charge on any atom is 0.260 e. The van der Waals surface area contributed by atoms with E-state index in [1.54, 1.807) is 0 Å². The van der Waals surface area contributed by atoms with Crippen molar-refractivity contribution in [3.63, 3.8) is 0 Å². The van der Waals surface area contributed by atoms with Crippen molar-refractivity contribution in [2.75, 3.05) is 0 Å². The van der Waals surface area contributed by atoms with Gasteiger partial charge in [-0.2, -0.15) is 0 Å². The summed E-state index contributed by atoms with van der Waals surface area (Å²) in [5.74, 6) is 0.823. The highest BCUT2D eigenvalue weighted by Crippen LogP contribution is 2.21. The molecule has 1 atom stereocenters. The number of amides is 1. The van der Waals surface area contributed by atoms with E-state index in [4.69, 9.17) is 4.74 Å². The first-order valence-corrected chi connectivity index (χ1v) is 7.75. The van der Waals surface area contributed by atoms with Crippen molar-refractivity contribution in [3.05, 3.63) is 29.8 Å². The van der Waals surface area contributed by atoms with Crippen molar-refractivity contribution in [2.24, 2.45) is 0 Å². The number of nitrogens with one attached hydrogen (secondary N) is 1. The van der Waals surface area contributed by atoms with Crippen LogP contribution >= 0.6 is 0 Å². The van der Waals surface area contributed by atoms with Gasteiger partial charge in [-0.15, -0.1) is 0 Å². The number of carbonyl (C=O) groups excluding carboxylic acids is 1. The third-order valence-electron chi connectivity index (χ3n) is 3.98. The summed E-state index contributed by atoms with van der Waals surface area (Å²) >= 11 is 0. The molecule has 3 heteroatoms. The first-order chi connectivity index (χ1) is 9.70. The molecule has 1 aliphatic rings. The topological polar surface area (TPSA) is 38.3 Å². The van der Waals surface area contributed by atoms with Gasteiger partial charge >= 0.3 is 0 Å². The van der Waals surface area contributed by atoms with Gasteiger partial charge in [0.05, 0.1) is 0 Å². The van der Waals surface area contributed by atoms with Crippen molar-refractivity contribution in [1.82, 2.24) is 5.32 Å². The van der Waals surface area contributed by atoms with Crippen LogP contribution in [0.1, 0.15) is 51.5 Å². The summed E-state index contributed by atoms with van der Waals surface area (Å²) in [6, 6.07) is 8.26. The summed E-state index contributed by atoms with van der Waals surface area (Å²) in [6.45, 7) is 3.92. The molecule has 0 saturated heterocycles. The van der Waals surface area contributed by atoms with Crippen LogP contribution in [0.4, 0.5) is 0 Å². The minimum atomic E-state index is -0.440. The fourth-order valence-corrected chi connectivity index (χ4v) is 2.72. The van der Waals surface area contributed by atoms with E-state index >= 15 is 0 Å². The molecule has 1 saturated carbocycles. The number of hydrogen-bond donors (Lipinski definition) is 1. The zero-order valence-electron chi connectivity index (χ0n) is 12.5. The average molecular weight is 275 g/mol. The van der Waals surface area contributed by atoms with Crippen molar-refractivity contribution in [3.8, 4) is 5.75 Å². The van der Waals surface area contributed by atoms with Gasteiger partial charge in [0.2, 0.25) is 0 Å². The number of para-hydroxylation sites is 1. The summed E-state index contributed by atoms with van der Waals surface area (Å²) in [5, 5.41) is 3.11. The SMILES string of the molecule is CCc1ccccc1O[C@@H](C)C(=O)NC1CCCCC1. The molecule has 1 aromatic rings. The highest BCUT2D eigenvalue weighted by Gasteiger charge is 2.21. The third kappa shape index (κ3) is 3.99. The Bertz CT molecular complexity index is 438. The molecule has 0 spiro atoms. The van der Waals surface area contributed by atoms with E-state index in [2.05, 4.69) is 12.2 Å². The summed E-state index contributed by atoms with van der Waals surface area (Å²) in [5.41, 5.74) is 1.14. The van der Waals surface area contributed by atoms with Crippen LogP contribution in [0.3, 0.4) is 0 Å². The highest BCUT2D eigenvalue weighted by molar-refractivity contribution is 5.81. The van der Waals surface area contributed by atoms with Crippen LogP contribution in [0.5, 0.6) is 5.75 Å². The van der Waals surface area contributed by atoms with Gasteiger partial charge in [0.25, 0.3) is 5.91 Å². The lowest BCUT2D eigenvalue weighted by Crippen LogP contribution is -2.43. The van der Waals surface area contributed by atoms with E-state index in [1.807, 2.05) is 31.2 Å². The molecular formula is C17H25NO2. The molecule has 20 heavy (non-hydrogen) atoms. The number of aryl methyl sites for hydroxylation is 1. The lowest BCUT2D eigenvalue weighted by molar-refractivity contribution is -0.128. The number of ether oxygens (including phenoxy) is 1. The van der Waals surface area contributed by atoms with Gasteiger partial charge in [0, 0.05) is 6.04 Å². The van der Waals surface area contributed by atoms with Crippen LogP contribution in [-0.2, 0) is 11.2 Å². The standard InChI is InChI=1S/C17H25NO2/c1-3-14-9-7-8-12-16(14)20-13(2)17(19)18-15-10-5-4-6-11-15/h7-9,12-13,15H,3-6,10-11H2,1-2H3,(H,18,19)/t13-/m0/s1. The molecule has 2 rings (SSSR count). The molecule has 0 aliphatic heterocycles. The predicted molar refractivity (Wildman–Crippen MR) is 80.9 cm³/mol. The lowest BCUT2D eigenvalue weighted by Gasteiger charge is -2.25. The highest BCUT2D eigenvalue weighted by atomic mass is 16.5. The minimum absolute atomic E-state index is 0.00260. The van der Waals surface area contributed by atoms with Crippen molar-refractivity contribution in [1.29, 1.82) is 0 Å². The first kappa shape index (κ1) is 14.9. The molecule has 110 valence electrons. The predicted octanol–water partition coefficient (Wildman–Crippen LogP) is 3.47. The molecule has 0 radical (unpaired) electrons. The summed E-state index contributed by atoms with van der Waals surface area (Å²) < 4.78 is 5.83. The Hall–Kier alpha value is -1.51. The Labute approximate surface area is 121 Å². The Morgan fingerprint density at radius 1 is 1.30 bits per heavy atom. The summed E-state index contributed by atoms with van der Waals surface area (Å²) in [6.07, 6.45) is 6.41. The van der Waals surface area contributed by atoms with Gasteiger partial charge in [-0.25, -0.2) is 0 Å². The van der Waals surface area contributed by atoms with E-state index in [-0.39, 0.29) is 5.91 Å². The van der Waals surface area contributed by atoms with Crippen molar-refractivity contribution >= 4 is 5.91 Å². The van der Waals surface area contributed by atoms with Crippen LogP contribution in [0.25, 0.3) is 0 Å². The summed E-state index contributed by atoms with van der Waals surface area (Å²) in [4.78, 5) is 12.2. The Morgan fingerprint density at radius 3 is 2.70 bits per heavy atom. The second-order valence-corrected chi connectivity index (χ2v) is 5.56.